The second-order valence-electron chi connectivity index (χ2n) is 4.86. The van der Waals surface area contributed by atoms with Crippen LogP contribution in [0.2, 0.25) is 0 Å². The van der Waals surface area contributed by atoms with Crippen molar-refractivity contribution in [3.05, 3.63) is 72.2 Å². The minimum Gasteiger partial charge on any atom is -0.347 e. The van der Waals surface area contributed by atoms with Gasteiger partial charge in [0.2, 0.25) is 5.91 Å². The van der Waals surface area contributed by atoms with Gasteiger partial charge >= 0.3 is 0 Å². The first-order valence-electron chi connectivity index (χ1n) is 6.86. The largest absolute Gasteiger partial charge is 0.347 e. The summed E-state index contributed by atoms with van der Waals surface area (Å²) in [7, 11) is 0. The Bertz CT molecular complexity index is 807. The number of nitriles is 1. The molecule has 1 aromatic carbocycles. The number of amides is 1. The SMILES string of the molecule is N#Cc1cc[nH]c1NC(=O)Cc1ccc(-n2cccc2)cc1. The predicted molar refractivity (Wildman–Crippen MR) is 83.6 cm³/mol. The summed E-state index contributed by atoms with van der Waals surface area (Å²) in [6.45, 7) is 0. The molecule has 3 rings (SSSR count). The van der Waals surface area contributed by atoms with Crippen molar-refractivity contribution in [2.45, 2.75) is 6.42 Å². The van der Waals surface area contributed by atoms with Crippen LogP contribution in [0.3, 0.4) is 0 Å². The standard InChI is InChI=1S/C17H14N4O/c18-12-14-7-8-19-17(14)20-16(22)11-13-3-5-15(6-4-13)21-9-1-2-10-21/h1-10,19H,11H2,(H,20,22). The zero-order valence-corrected chi connectivity index (χ0v) is 11.8. The smallest absolute Gasteiger partial charge is 0.229 e. The average Bonchev–Trinajstić information content (AvgIpc) is 3.19. The number of aromatic nitrogens is 2. The van der Waals surface area contributed by atoms with Crippen molar-refractivity contribution >= 4 is 11.7 Å². The van der Waals surface area contributed by atoms with E-state index in [-0.39, 0.29) is 12.3 Å². The molecule has 0 radical (unpaired) electrons. The number of carbonyl (C=O) groups is 1. The van der Waals surface area contributed by atoms with Gasteiger partial charge in [0.25, 0.3) is 0 Å². The highest BCUT2D eigenvalue weighted by Crippen LogP contribution is 2.13. The van der Waals surface area contributed by atoms with Crippen LogP contribution in [-0.2, 0) is 11.2 Å². The summed E-state index contributed by atoms with van der Waals surface area (Å²) in [5.74, 6) is 0.282. The van der Waals surface area contributed by atoms with Gasteiger partial charge in [0.15, 0.2) is 0 Å². The van der Waals surface area contributed by atoms with Gasteiger partial charge in [-0.2, -0.15) is 5.26 Å². The summed E-state index contributed by atoms with van der Waals surface area (Å²) < 4.78 is 2.00. The molecule has 0 saturated carbocycles. The minimum absolute atomic E-state index is 0.160. The molecule has 2 aromatic heterocycles. The van der Waals surface area contributed by atoms with E-state index in [0.29, 0.717) is 11.4 Å². The summed E-state index contributed by atoms with van der Waals surface area (Å²) >= 11 is 0. The molecule has 2 heterocycles. The number of anilines is 1. The molecule has 0 bridgehead atoms. The summed E-state index contributed by atoms with van der Waals surface area (Å²) in [5.41, 5.74) is 2.39. The summed E-state index contributed by atoms with van der Waals surface area (Å²) in [4.78, 5) is 14.9. The highest BCUT2D eigenvalue weighted by atomic mass is 16.1. The number of nitrogens with zero attached hydrogens (tertiary/aromatic N) is 2. The van der Waals surface area contributed by atoms with Gasteiger partial charge in [-0.15, -0.1) is 0 Å². The van der Waals surface area contributed by atoms with Gasteiger partial charge in [-0.1, -0.05) is 12.1 Å². The fourth-order valence-electron chi connectivity index (χ4n) is 2.23. The van der Waals surface area contributed by atoms with Crippen molar-refractivity contribution in [3.63, 3.8) is 0 Å². The monoisotopic (exact) mass is 290 g/mol. The molecule has 5 heteroatoms. The summed E-state index contributed by atoms with van der Waals surface area (Å²) in [5, 5.41) is 11.6. The van der Waals surface area contributed by atoms with Crippen LogP contribution >= 0.6 is 0 Å². The van der Waals surface area contributed by atoms with Crippen molar-refractivity contribution in [3.8, 4) is 11.8 Å². The summed E-state index contributed by atoms with van der Waals surface area (Å²) in [6, 6.07) is 15.4. The number of hydrogen-bond acceptors (Lipinski definition) is 2. The third-order valence-electron chi connectivity index (χ3n) is 3.34. The van der Waals surface area contributed by atoms with Gasteiger partial charge < -0.3 is 14.9 Å². The van der Waals surface area contributed by atoms with E-state index in [0.717, 1.165) is 11.3 Å². The lowest BCUT2D eigenvalue weighted by Crippen LogP contribution is -2.15. The maximum absolute atomic E-state index is 12.0. The van der Waals surface area contributed by atoms with E-state index in [1.54, 1.807) is 12.3 Å². The molecule has 0 aliphatic heterocycles. The topological polar surface area (TPSA) is 73.6 Å². The number of aromatic amines is 1. The number of hydrogen-bond donors (Lipinski definition) is 2. The van der Waals surface area contributed by atoms with Gasteiger partial charge in [-0.3, -0.25) is 4.79 Å². The number of rotatable bonds is 4. The quantitative estimate of drug-likeness (QED) is 0.775. The Balaban J connectivity index is 1.66. The second kappa shape index (κ2) is 6.02. The van der Waals surface area contributed by atoms with Gasteiger partial charge in [-0.05, 0) is 35.9 Å². The third kappa shape index (κ3) is 2.91. The Morgan fingerprint density at radius 3 is 2.59 bits per heavy atom. The Morgan fingerprint density at radius 1 is 1.18 bits per heavy atom. The average molecular weight is 290 g/mol. The van der Waals surface area contributed by atoms with Crippen LogP contribution in [0.25, 0.3) is 5.69 Å². The number of nitrogens with one attached hydrogen (secondary N) is 2. The highest BCUT2D eigenvalue weighted by Gasteiger charge is 2.08. The number of carbonyl (C=O) groups excluding carboxylic acids is 1. The van der Waals surface area contributed by atoms with Crippen LogP contribution in [0.1, 0.15) is 11.1 Å². The number of benzene rings is 1. The first kappa shape index (κ1) is 13.7. The molecular formula is C17H14N4O. The van der Waals surface area contributed by atoms with Crippen LogP contribution in [0.15, 0.2) is 61.1 Å². The predicted octanol–water partition coefficient (Wildman–Crippen LogP) is 2.86. The van der Waals surface area contributed by atoms with Crippen molar-refractivity contribution in [2.75, 3.05) is 5.32 Å². The molecule has 5 nitrogen and oxygen atoms in total. The first-order valence-corrected chi connectivity index (χ1v) is 6.86. The molecule has 3 aromatic rings. The third-order valence-corrected chi connectivity index (χ3v) is 3.34. The van der Waals surface area contributed by atoms with E-state index in [1.807, 2.05) is 59.4 Å². The summed E-state index contributed by atoms with van der Waals surface area (Å²) in [6.07, 6.45) is 5.82. The number of H-pyrrole nitrogens is 1. The van der Waals surface area contributed by atoms with Gasteiger partial charge in [-0.25, -0.2) is 0 Å². The molecule has 108 valence electrons. The van der Waals surface area contributed by atoms with E-state index < -0.39 is 0 Å². The van der Waals surface area contributed by atoms with Crippen LogP contribution in [-0.4, -0.2) is 15.5 Å². The fraction of sp³-hybridized carbons (Fsp3) is 0.0588. The zero-order valence-electron chi connectivity index (χ0n) is 11.8. The molecule has 0 aliphatic rings. The lowest BCUT2D eigenvalue weighted by molar-refractivity contribution is -0.115. The van der Waals surface area contributed by atoms with Crippen molar-refractivity contribution in [1.29, 1.82) is 5.26 Å². The fourth-order valence-corrected chi connectivity index (χ4v) is 2.23. The van der Waals surface area contributed by atoms with Crippen molar-refractivity contribution in [2.24, 2.45) is 0 Å². The molecule has 0 saturated heterocycles. The van der Waals surface area contributed by atoms with Crippen LogP contribution in [0.4, 0.5) is 5.82 Å². The van der Waals surface area contributed by atoms with Gasteiger partial charge in [0.1, 0.15) is 11.9 Å². The molecule has 0 atom stereocenters. The van der Waals surface area contributed by atoms with Crippen molar-refractivity contribution < 1.29 is 4.79 Å². The van der Waals surface area contributed by atoms with E-state index >= 15 is 0 Å². The van der Waals surface area contributed by atoms with E-state index in [9.17, 15) is 4.79 Å². The normalized spacial score (nSPS) is 10.1. The van der Waals surface area contributed by atoms with E-state index in [2.05, 4.69) is 10.3 Å². The first-order chi connectivity index (χ1) is 10.8. The van der Waals surface area contributed by atoms with Crippen LogP contribution in [0.5, 0.6) is 0 Å². The van der Waals surface area contributed by atoms with E-state index in [1.165, 1.54) is 0 Å². The van der Waals surface area contributed by atoms with Crippen LogP contribution < -0.4 is 5.32 Å². The highest BCUT2D eigenvalue weighted by molar-refractivity contribution is 5.92. The molecule has 0 fully saturated rings. The molecular weight excluding hydrogens is 276 g/mol. The zero-order chi connectivity index (χ0) is 15.4. The molecule has 2 N–H and O–H groups in total. The van der Waals surface area contributed by atoms with Gasteiger partial charge in [0.05, 0.1) is 12.0 Å². The Morgan fingerprint density at radius 2 is 1.91 bits per heavy atom. The lowest BCUT2D eigenvalue weighted by Gasteiger charge is -2.06. The maximum atomic E-state index is 12.0. The Labute approximate surface area is 127 Å². The lowest BCUT2D eigenvalue weighted by atomic mass is 10.1. The Hall–Kier alpha value is -3.26. The molecule has 1 amide bonds. The second-order valence-corrected chi connectivity index (χ2v) is 4.86. The maximum Gasteiger partial charge on any atom is 0.229 e. The molecule has 0 spiro atoms. The van der Waals surface area contributed by atoms with E-state index in [4.69, 9.17) is 5.26 Å². The van der Waals surface area contributed by atoms with Crippen LogP contribution in [0, 0.1) is 11.3 Å². The molecule has 22 heavy (non-hydrogen) atoms. The van der Waals surface area contributed by atoms with Crippen molar-refractivity contribution in [1.82, 2.24) is 9.55 Å². The molecule has 0 unspecified atom stereocenters. The molecule has 0 aliphatic carbocycles. The van der Waals surface area contributed by atoms with Gasteiger partial charge in [0, 0.05) is 24.3 Å². The minimum atomic E-state index is -0.160. The Kier molecular flexibility index (Phi) is 3.75.